The minimum atomic E-state index is -3.01. The Labute approximate surface area is 198 Å². The predicted octanol–water partition coefficient (Wildman–Crippen LogP) is 2.99. The molecule has 11 heteroatoms. The molecule has 0 spiro atoms. The average Bonchev–Trinajstić information content (AvgIpc) is 3.41. The number of rotatable bonds is 6. The van der Waals surface area contributed by atoms with E-state index in [-0.39, 0.29) is 24.4 Å². The highest BCUT2D eigenvalue weighted by molar-refractivity contribution is 6.08. The number of imide groups is 1. The number of aromatic amines is 1. The second kappa shape index (κ2) is 8.19. The molecule has 3 N–H and O–H groups in total. The molecule has 2 aliphatic heterocycles. The Hall–Kier alpha value is -4.28. The first kappa shape index (κ1) is 22.5. The standard InChI is InChI=1S/C24H21F2N5O4/c1-12-19(13(2)30-29-12)14-3-6-16(7-4-14)24(21(33)27-23(34)28-24)11-31-10-15-5-8-17(35-22(25)26)9-18(15)20(31)32/h3-9,22H,10-11H2,1-2H3,(H,29,30)(H2,27,28,33,34)/t24-/m0/s1. The molecule has 3 aromatic rings. The SMILES string of the molecule is Cc1n[nH]c(C)c1-c1ccc([C@]2(CN3Cc4ccc(OC(F)F)cc4C3=O)NC(=O)NC2=O)cc1. The lowest BCUT2D eigenvalue weighted by Crippen LogP contribution is -2.52. The number of benzene rings is 2. The van der Waals surface area contributed by atoms with Crippen molar-refractivity contribution in [1.29, 1.82) is 0 Å². The Morgan fingerprint density at radius 1 is 1.11 bits per heavy atom. The molecule has 0 saturated carbocycles. The third kappa shape index (κ3) is 3.78. The smallest absolute Gasteiger partial charge is 0.387 e. The van der Waals surface area contributed by atoms with Gasteiger partial charge < -0.3 is 15.0 Å². The van der Waals surface area contributed by atoms with Crippen molar-refractivity contribution in [2.45, 2.75) is 32.5 Å². The van der Waals surface area contributed by atoms with Gasteiger partial charge in [-0.15, -0.1) is 0 Å². The van der Waals surface area contributed by atoms with E-state index >= 15 is 0 Å². The van der Waals surface area contributed by atoms with Gasteiger partial charge in [-0.25, -0.2) is 4.79 Å². The van der Waals surface area contributed by atoms with E-state index in [1.54, 1.807) is 12.1 Å². The molecule has 3 heterocycles. The number of carbonyl (C=O) groups is 3. The van der Waals surface area contributed by atoms with Gasteiger partial charge in [0.1, 0.15) is 5.75 Å². The Morgan fingerprint density at radius 3 is 2.46 bits per heavy atom. The van der Waals surface area contributed by atoms with Gasteiger partial charge >= 0.3 is 12.6 Å². The summed E-state index contributed by atoms with van der Waals surface area (Å²) in [6.07, 6.45) is 0. The molecule has 4 amide bonds. The summed E-state index contributed by atoms with van der Waals surface area (Å²) >= 11 is 0. The molecular weight excluding hydrogens is 460 g/mol. The van der Waals surface area contributed by atoms with E-state index in [9.17, 15) is 23.2 Å². The van der Waals surface area contributed by atoms with E-state index in [4.69, 9.17) is 0 Å². The number of fused-ring (bicyclic) bond motifs is 1. The summed E-state index contributed by atoms with van der Waals surface area (Å²) in [5.41, 5.74) is 3.35. The van der Waals surface area contributed by atoms with Crippen molar-refractivity contribution in [3.8, 4) is 16.9 Å². The molecule has 180 valence electrons. The lowest BCUT2D eigenvalue weighted by atomic mass is 9.88. The first-order valence-corrected chi connectivity index (χ1v) is 10.8. The van der Waals surface area contributed by atoms with Gasteiger partial charge in [-0.1, -0.05) is 30.3 Å². The number of nitrogens with zero attached hydrogens (tertiary/aromatic N) is 2. The number of aryl methyl sites for hydroxylation is 2. The number of hydrogen-bond acceptors (Lipinski definition) is 5. The molecule has 0 radical (unpaired) electrons. The molecule has 1 fully saturated rings. The van der Waals surface area contributed by atoms with Gasteiger partial charge in [-0.2, -0.15) is 13.9 Å². The van der Waals surface area contributed by atoms with Crippen molar-refractivity contribution in [1.82, 2.24) is 25.7 Å². The Balaban J connectivity index is 1.46. The van der Waals surface area contributed by atoms with Gasteiger partial charge in [-0.3, -0.25) is 20.0 Å². The number of ether oxygens (including phenoxy) is 1. The monoisotopic (exact) mass is 481 g/mol. The average molecular weight is 481 g/mol. The fourth-order valence-electron chi connectivity index (χ4n) is 4.73. The summed E-state index contributed by atoms with van der Waals surface area (Å²) in [4.78, 5) is 39.7. The summed E-state index contributed by atoms with van der Waals surface area (Å²) in [6, 6.07) is 10.6. The molecule has 0 bridgehead atoms. The number of hydrogen-bond donors (Lipinski definition) is 3. The predicted molar refractivity (Wildman–Crippen MR) is 120 cm³/mol. The molecule has 0 aliphatic carbocycles. The van der Waals surface area contributed by atoms with Crippen molar-refractivity contribution in [2.24, 2.45) is 0 Å². The van der Waals surface area contributed by atoms with Crippen LogP contribution in [0.1, 0.15) is 32.9 Å². The number of aromatic nitrogens is 2. The maximum absolute atomic E-state index is 13.1. The maximum atomic E-state index is 13.1. The lowest BCUT2D eigenvalue weighted by Gasteiger charge is -2.31. The minimum Gasteiger partial charge on any atom is -0.435 e. The normalized spacial score (nSPS) is 19.2. The first-order chi connectivity index (χ1) is 16.7. The van der Waals surface area contributed by atoms with Crippen molar-refractivity contribution >= 4 is 17.8 Å². The van der Waals surface area contributed by atoms with Crippen LogP contribution in [-0.2, 0) is 16.9 Å². The summed E-state index contributed by atoms with van der Waals surface area (Å²) in [7, 11) is 0. The highest BCUT2D eigenvalue weighted by atomic mass is 19.3. The lowest BCUT2D eigenvalue weighted by molar-refractivity contribution is -0.124. The van der Waals surface area contributed by atoms with Crippen LogP contribution in [0.2, 0.25) is 0 Å². The Morgan fingerprint density at radius 2 is 1.86 bits per heavy atom. The number of halogens is 2. The molecule has 2 aromatic carbocycles. The number of nitrogens with one attached hydrogen (secondary N) is 3. The zero-order valence-corrected chi connectivity index (χ0v) is 18.8. The molecule has 1 atom stereocenters. The maximum Gasteiger partial charge on any atom is 0.387 e. The zero-order valence-electron chi connectivity index (χ0n) is 18.8. The van der Waals surface area contributed by atoms with Crippen molar-refractivity contribution < 1.29 is 27.9 Å². The third-order valence-electron chi connectivity index (χ3n) is 6.35. The molecule has 5 rings (SSSR count). The molecule has 2 aliphatic rings. The number of amides is 4. The van der Waals surface area contributed by atoms with Crippen LogP contribution < -0.4 is 15.4 Å². The first-order valence-electron chi connectivity index (χ1n) is 10.8. The van der Waals surface area contributed by atoms with Crippen LogP contribution in [0.4, 0.5) is 13.6 Å². The third-order valence-corrected chi connectivity index (χ3v) is 6.35. The fourth-order valence-corrected chi connectivity index (χ4v) is 4.73. The highest BCUT2D eigenvalue weighted by Gasteiger charge is 2.50. The van der Waals surface area contributed by atoms with Gasteiger partial charge in [0, 0.05) is 23.4 Å². The van der Waals surface area contributed by atoms with Gasteiger partial charge in [0.2, 0.25) is 0 Å². The fraction of sp³-hybridized carbons (Fsp3) is 0.250. The summed E-state index contributed by atoms with van der Waals surface area (Å²) in [5, 5.41) is 12.1. The van der Waals surface area contributed by atoms with E-state index in [0.29, 0.717) is 11.1 Å². The van der Waals surface area contributed by atoms with E-state index in [1.165, 1.54) is 23.1 Å². The van der Waals surface area contributed by atoms with Crippen LogP contribution in [0.3, 0.4) is 0 Å². The van der Waals surface area contributed by atoms with E-state index in [0.717, 1.165) is 22.5 Å². The number of urea groups is 1. The number of carbonyl (C=O) groups excluding carboxylic acids is 3. The van der Waals surface area contributed by atoms with Crippen molar-refractivity contribution in [3.63, 3.8) is 0 Å². The van der Waals surface area contributed by atoms with E-state index in [1.807, 2.05) is 26.0 Å². The highest BCUT2D eigenvalue weighted by Crippen LogP contribution is 2.34. The van der Waals surface area contributed by atoms with Crippen LogP contribution in [0, 0.1) is 13.8 Å². The Kier molecular flexibility index (Phi) is 5.27. The minimum absolute atomic E-state index is 0.129. The topological polar surface area (TPSA) is 116 Å². The quantitative estimate of drug-likeness (QED) is 0.468. The van der Waals surface area contributed by atoms with Crippen LogP contribution in [0.5, 0.6) is 5.75 Å². The molecule has 0 unspecified atom stereocenters. The molecule has 9 nitrogen and oxygen atoms in total. The van der Waals surface area contributed by atoms with Crippen LogP contribution in [-0.4, -0.2) is 46.1 Å². The molecule has 35 heavy (non-hydrogen) atoms. The van der Waals surface area contributed by atoms with Gasteiger partial charge in [0.15, 0.2) is 5.54 Å². The summed E-state index contributed by atoms with van der Waals surface area (Å²) in [5.74, 6) is -1.17. The zero-order chi connectivity index (χ0) is 24.9. The second-order valence-corrected chi connectivity index (χ2v) is 8.56. The van der Waals surface area contributed by atoms with Crippen molar-refractivity contribution in [2.75, 3.05) is 6.54 Å². The molecular formula is C24H21F2N5O4. The largest absolute Gasteiger partial charge is 0.435 e. The Bertz CT molecular complexity index is 1330. The van der Waals surface area contributed by atoms with E-state index < -0.39 is 30.0 Å². The van der Waals surface area contributed by atoms with Crippen LogP contribution >= 0.6 is 0 Å². The van der Waals surface area contributed by atoms with Crippen molar-refractivity contribution in [3.05, 3.63) is 70.5 Å². The number of alkyl halides is 2. The van der Waals surface area contributed by atoms with Crippen LogP contribution in [0.15, 0.2) is 42.5 Å². The van der Waals surface area contributed by atoms with Gasteiger partial charge in [0.05, 0.1) is 12.2 Å². The van der Waals surface area contributed by atoms with Gasteiger partial charge in [0.25, 0.3) is 11.8 Å². The summed E-state index contributed by atoms with van der Waals surface area (Å²) < 4.78 is 29.6. The summed E-state index contributed by atoms with van der Waals surface area (Å²) in [6.45, 7) is 0.780. The van der Waals surface area contributed by atoms with Gasteiger partial charge in [-0.05, 0) is 42.7 Å². The van der Waals surface area contributed by atoms with Crippen LogP contribution in [0.25, 0.3) is 11.1 Å². The molecule has 1 saturated heterocycles. The second-order valence-electron chi connectivity index (χ2n) is 8.56. The van der Waals surface area contributed by atoms with E-state index in [2.05, 4.69) is 25.6 Å². The molecule has 1 aromatic heterocycles. The number of H-pyrrole nitrogens is 1.